The van der Waals surface area contributed by atoms with Crippen molar-refractivity contribution in [1.82, 2.24) is 10.6 Å². The van der Waals surface area contributed by atoms with Gasteiger partial charge in [-0.1, -0.05) is 24.3 Å². The number of nitrogens with one attached hydrogen (secondary N) is 3. The summed E-state index contributed by atoms with van der Waals surface area (Å²) in [4.78, 5) is 15.3. The number of benzene rings is 1. The third-order valence-corrected chi connectivity index (χ3v) is 3.28. The van der Waals surface area contributed by atoms with Crippen LogP contribution in [-0.4, -0.2) is 25.0 Å². The van der Waals surface area contributed by atoms with Crippen molar-refractivity contribution in [2.24, 2.45) is 4.99 Å². The fourth-order valence-corrected chi connectivity index (χ4v) is 2.27. The van der Waals surface area contributed by atoms with Gasteiger partial charge in [-0.05, 0) is 30.5 Å². The van der Waals surface area contributed by atoms with Crippen LogP contribution < -0.4 is 16.0 Å². The number of anilines is 1. The van der Waals surface area contributed by atoms with Gasteiger partial charge in [0.05, 0.1) is 0 Å². The number of rotatable bonds is 4. The standard InChI is InChI=1S/C16H22N4O.HI/c1-12(21)19-15-9-5-6-13(10-15)11-18-16(17-2)20-14-7-3-4-8-14;/h3-6,9-10,14H,7-8,11H2,1-2H3,(H,19,21)(H2,17,18,20);1H. The maximum Gasteiger partial charge on any atom is 0.221 e. The van der Waals surface area contributed by atoms with Crippen LogP contribution in [0.3, 0.4) is 0 Å². The molecule has 0 aliphatic heterocycles. The molecule has 1 aromatic carbocycles. The summed E-state index contributed by atoms with van der Waals surface area (Å²) >= 11 is 0. The van der Waals surface area contributed by atoms with Crippen molar-refractivity contribution in [3.05, 3.63) is 42.0 Å². The minimum atomic E-state index is -0.0636. The van der Waals surface area contributed by atoms with E-state index in [-0.39, 0.29) is 29.9 Å². The minimum absolute atomic E-state index is 0. The van der Waals surface area contributed by atoms with Gasteiger partial charge in [0.2, 0.25) is 5.91 Å². The van der Waals surface area contributed by atoms with E-state index >= 15 is 0 Å². The maximum absolute atomic E-state index is 11.1. The zero-order chi connectivity index (χ0) is 15.1. The summed E-state index contributed by atoms with van der Waals surface area (Å²) in [6, 6.07) is 8.21. The van der Waals surface area contributed by atoms with Gasteiger partial charge in [-0.3, -0.25) is 9.79 Å². The predicted molar refractivity (Wildman–Crippen MR) is 102 cm³/mol. The van der Waals surface area contributed by atoms with Gasteiger partial charge in [0, 0.05) is 32.2 Å². The number of hydrogen-bond donors (Lipinski definition) is 3. The van der Waals surface area contributed by atoms with E-state index in [2.05, 4.69) is 33.1 Å². The van der Waals surface area contributed by atoms with Crippen molar-refractivity contribution >= 4 is 41.5 Å². The maximum atomic E-state index is 11.1. The highest BCUT2D eigenvalue weighted by molar-refractivity contribution is 14.0. The van der Waals surface area contributed by atoms with E-state index < -0.39 is 0 Å². The van der Waals surface area contributed by atoms with Crippen molar-refractivity contribution < 1.29 is 4.79 Å². The van der Waals surface area contributed by atoms with E-state index in [1.165, 1.54) is 6.92 Å². The summed E-state index contributed by atoms with van der Waals surface area (Å²) in [6.07, 6.45) is 6.45. The summed E-state index contributed by atoms with van der Waals surface area (Å²) in [6.45, 7) is 2.17. The van der Waals surface area contributed by atoms with Gasteiger partial charge in [0.15, 0.2) is 5.96 Å². The number of carbonyl (C=O) groups is 1. The second kappa shape index (κ2) is 9.45. The molecule has 0 atom stereocenters. The summed E-state index contributed by atoms with van der Waals surface area (Å²) < 4.78 is 0. The van der Waals surface area contributed by atoms with Crippen molar-refractivity contribution in [2.75, 3.05) is 12.4 Å². The van der Waals surface area contributed by atoms with Crippen LogP contribution in [0.15, 0.2) is 41.4 Å². The van der Waals surface area contributed by atoms with E-state index in [4.69, 9.17) is 0 Å². The number of guanidine groups is 1. The van der Waals surface area contributed by atoms with Crippen LogP contribution >= 0.6 is 24.0 Å². The van der Waals surface area contributed by atoms with Crippen molar-refractivity contribution in [1.29, 1.82) is 0 Å². The molecule has 2 rings (SSSR count). The summed E-state index contributed by atoms with van der Waals surface area (Å²) in [5, 5.41) is 9.47. The molecular weight excluding hydrogens is 391 g/mol. The van der Waals surface area contributed by atoms with E-state index in [9.17, 15) is 4.79 Å². The highest BCUT2D eigenvalue weighted by atomic mass is 127. The number of carbonyl (C=O) groups excluding carboxylic acids is 1. The Balaban J connectivity index is 0.00000242. The zero-order valence-electron chi connectivity index (χ0n) is 12.9. The molecule has 0 unspecified atom stereocenters. The average molecular weight is 414 g/mol. The fraction of sp³-hybridized carbons (Fsp3) is 0.375. The molecule has 1 aliphatic carbocycles. The van der Waals surface area contributed by atoms with E-state index in [0.717, 1.165) is 30.1 Å². The SMILES string of the molecule is CN=C(NCc1cccc(NC(C)=O)c1)NC1CC=CC1.I. The molecule has 1 aliphatic rings. The van der Waals surface area contributed by atoms with Crippen molar-refractivity contribution in [3.8, 4) is 0 Å². The van der Waals surface area contributed by atoms with Crippen LogP contribution in [-0.2, 0) is 11.3 Å². The van der Waals surface area contributed by atoms with Crippen LogP contribution in [0.25, 0.3) is 0 Å². The lowest BCUT2D eigenvalue weighted by molar-refractivity contribution is -0.114. The number of amides is 1. The smallest absolute Gasteiger partial charge is 0.221 e. The molecule has 1 amide bonds. The molecule has 0 bridgehead atoms. The first-order valence-electron chi connectivity index (χ1n) is 7.16. The van der Waals surface area contributed by atoms with Gasteiger partial charge < -0.3 is 16.0 Å². The Morgan fingerprint density at radius 3 is 2.68 bits per heavy atom. The Labute approximate surface area is 148 Å². The Kier molecular flexibility index (Phi) is 7.94. The molecule has 120 valence electrons. The molecule has 0 radical (unpaired) electrons. The lowest BCUT2D eigenvalue weighted by atomic mass is 10.2. The molecule has 0 aromatic heterocycles. The van der Waals surface area contributed by atoms with Gasteiger partial charge in [-0.15, -0.1) is 24.0 Å². The minimum Gasteiger partial charge on any atom is -0.353 e. The molecule has 0 heterocycles. The highest BCUT2D eigenvalue weighted by Gasteiger charge is 2.11. The largest absolute Gasteiger partial charge is 0.353 e. The number of nitrogens with zero attached hydrogens (tertiary/aromatic N) is 1. The molecule has 1 aromatic rings. The van der Waals surface area contributed by atoms with E-state index in [1.54, 1.807) is 7.05 Å². The van der Waals surface area contributed by atoms with Crippen molar-refractivity contribution in [3.63, 3.8) is 0 Å². The lowest BCUT2D eigenvalue weighted by Crippen LogP contribution is -2.42. The van der Waals surface area contributed by atoms with Crippen molar-refractivity contribution in [2.45, 2.75) is 32.4 Å². The predicted octanol–water partition coefficient (Wildman–Crippen LogP) is 2.65. The van der Waals surface area contributed by atoms with Gasteiger partial charge in [-0.25, -0.2) is 0 Å². The first-order valence-corrected chi connectivity index (χ1v) is 7.16. The zero-order valence-corrected chi connectivity index (χ0v) is 15.3. The molecule has 6 heteroatoms. The molecule has 0 saturated carbocycles. The monoisotopic (exact) mass is 414 g/mol. The van der Waals surface area contributed by atoms with Crippen LogP contribution in [0.4, 0.5) is 5.69 Å². The quantitative estimate of drug-likeness (QED) is 0.307. The molecule has 0 saturated heterocycles. The van der Waals surface area contributed by atoms with Crippen LogP contribution in [0.2, 0.25) is 0 Å². The molecular formula is C16H23IN4O. The summed E-state index contributed by atoms with van der Waals surface area (Å²) in [5.74, 6) is 0.736. The lowest BCUT2D eigenvalue weighted by Gasteiger charge is -2.17. The first kappa shape index (κ1) is 18.5. The molecule has 5 nitrogen and oxygen atoms in total. The Bertz CT molecular complexity index is 549. The van der Waals surface area contributed by atoms with Gasteiger partial charge in [0.1, 0.15) is 0 Å². The number of hydrogen-bond acceptors (Lipinski definition) is 2. The second-order valence-corrected chi connectivity index (χ2v) is 5.09. The summed E-state index contributed by atoms with van der Waals surface area (Å²) in [5.41, 5.74) is 1.90. The van der Waals surface area contributed by atoms with Gasteiger partial charge in [0.25, 0.3) is 0 Å². The van der Waals surface area contributed by atoms with Crippen LogP contribution in [0.5, 0.6) is 0 Å². The number of aliphatic imine (C=N–C) groups is 1. The van der Waals surface area contributed by atoms with Crippen LogP contribution in [0, 0.1) is 0 Å². The average Bonchev–Trinajstić information content (AvgIpc) is 2.96. The van der Waals surface area contributed by atoms with Gasteiger partial charge in [-0.2, -0.15) is 0 Å². The molecule has 22 heavy (non-hydrogen) atoms. The topological polar surface area (TPSA) is 65.5 Å². The normalized spacial score (nSPS) is 14.4. The second-order valence-electron chi connectivity index (χ2n) is 5.09. The van der Waals surface area contributed by atoms with Gasteiger partial charge >= 0.3 is 0 Å². The first-order chi connectivity index (χ1) is 10.2. The Hall–Kier alpha value is -1.57. The number of halogens is 1. The van der Waals surface area contributed by atoms with Crippen LogP contribution in [0.1, 0.15) is 25.3 Å². The molecule has 3 N–H and O–H groups in total. The molecule has 0 spiro atoms. The van der Waals surface area contributed by atoms with E-state index in [0.29, 0.717) is 12.6 Å². The highest BCUT2D eigenvalue weighted by Crippen LogP contribution is 2.11. The Morgan fingerprint density at radius 1 is 1.32 bits per heavy atom. The third-order valence-electron chi connectivity index (χ3n) is 3.28. The summed E-state index contributed by atoms with van der Waals surface area (Å²) in [7, 11) is 1.77. The fourth-order valence-electron chi connectivity index (χ4n) is 2.27. The third kappa shape index (κ3) is 6.05. The van der Waals surface area contributed by atoms with E-state index in [1.807, 2.05) is 24.3 Å². The molecule has 0 fully saturated rings. The Morgan fingerprint density at radius 2 is 2.05 bits per heavy atom.